The number of nitrogens with one attached hydrogen (secondary N) is 1. The highest BCUT2D eigenvalue weighted by molar-refractivity contribution is 8.26. The van der Waals surface area contributed by atoms with Crippen molar-refractivity contribution in [1.29, 1.82) is 0 Å². The molecule has 25 heavy (non-hydrogen) atoms. The van der Waals surface area contributed by atoms with Crippen LogP contribution < -0.4 is 5.32 Å². The first-order valence-corrected chi connectivity index (χ1v) is 8.66. The summed E-state index contributed by atoms with van der Waals surface area (Å²) in [5, 5.41) is 13.1. The van der Waals surface area contributed by atoms with Gasteiger partial charge in [-0.3, -0.25) is 9.78 Å². The molecule has 1 fully saturated rings. The molecule has 0 unspecified atom stereocenters. The number of thioether (sulfide) groups is 1. The second kappa shape index (κ2) is 6.02. The third-order valence-corrected chi connectivity index (χ3v) is 5.03. The zero-order chi connectivity index (χ0) is 17.6. The van der Waals surface area contributed by atoms with Crippen molar-refractivity contribution in [3.8, 4) is 16.9 Å². The second-order valence-corrected chi connectivity index (χ2v) is 7.33. The average Bonchev–Trinajstić information content (AvgIpc) is 3.12. The number of carbonyl (C=O) groups is 1. The van der Waals surface area contributed by atoms with Gasteiger partial charge < -0.3 is 14.8 Å². The summed E-state index contributed by atoms with van der Waals surface area (Å²) in [5.41, 5.74) is 3.18. The minimum Gasteiger partial charge on any atom is -0.508 e. The first-order valence-electron chi connectivity index (χ1n) is 7.43. The topological polar surface area (TPSA) is 75.4 Å². The van der Waals surface area contributed by atoms with E-state index in [9.17, 15) is 9.90 Å². The van der Waals surface area contributed by atoms with Gasteiger partial charge in [-0.1, -0.05) is 30.0 Å². The molecule has 3 heterocycles. The fourth-order valence-electron chi connectivity index (χ4n) is 2.63. The van der Waals surface area contributed by atoms with E-state index in [1.165, 1.54) is 11.8 Å². The lowest BCUT2D eigenvalue weighted by atomic mass is 10.0. The van der Waals surface area contributed by atoms with Gasteiger partial charge in [0.25, 0.3) is 5.91 Å². The van der Waals surface area contributed by atoms with E-state index in [4.69, 9.17) is 16.6 Å². The fourth-order valence-corrected chi connectivity index (χ4v) is 3.66. The molecular weight excluding hydrogens is 356 g/mol. The Morgan fingerprint density at radius 2 is 2.16 bits per heavy atom. The van der Waals surface area contributed by atoms with Gasteiger partial charge in [-0.2, -0.15) is 0 Å². The van der Waals surface area contributed by atoms with Crippen LogP contribution in [0.5, 0.6) is 5.75 Å². The minimum atomic E-state index is -0.219. The number of aromatic nitrogens is 1. The van der Waals surface area contributed by atoms with Crippen LogP contribution in [0.4, 0.5) is 0 Å². The number of benzene rings is 1. The van der Waals surface area contributed by atoms with Gasteiger partial charge in [-0.15, -0.1) is 0 Å². The van der Waals surface area contributed by atoms with Crippen LogP contribution >= 0.6 is 24.0 Å². The summed E-state index contributed by atoms with van der Waals surface area (Å²) in [7, 11) is 0. The molecule has 0 spiro atoms. The molecule has 0 atom stereocenters. The van der Waals surface area contributed by atoms with E-state index in [1.54, 1.807) is 24.5 Å². The number of phenols is 1. The average molecular weight is 368 g/mol. The van der Waals surface area contributed by atoms with Crippen LogP contribution in [-0.4, -0.2) is 20.3 Å². The van der Waals surface area contributed by atoms with Crippen LogP contribution in [-0.2, 0) is 4.79 Å². The number of aryl methyl sites for hydroxylation is 1. The van der Waals surface area contributed by atoms with Crippen molar-refractivity contribution in [2.24, 2.45) is 0 Å². The molecule has 1 aliphatic rings. The van der Waals surface area contributed by atoms with E-state index in [-0.39, 0.29) is 11.7 Å². The number of phenolic OH excluding ortho intramolecular Hbond substituents is 1. The summed E-state index contributed by atoms with van der Waals surface area (Å²) in [4.78, 5) is 16.6. The first kappa shape index (κ1) is 15.9. The van der Waals surface area contributed by atoms with Gasteiger partial charge in [0.2, 0.25) is 0 Å². The van der Waals surface area contributed by atoms with Crippen molar-refractivity contribution in [2.45, 2.75) is 6.92 Å². The van der Waals surface area contributed by atoms with Crippen LogP contribution in [0.15, 0.2) is 46.0 Å². The predicted octanol–water partition coefficient (Wildman–Crippen LogP) is 4.00. The normalized spacial score (nSPS) is 16.0. The molecule has 0 radical (unpaired) electrons. The molecule has 3 aromatic rings. The highest BCUT2D eigenvalue weighted by atomic mass is 32.2. The molecule has 4 rings (SSSR count). The van der Waals surface area contributed by atoms with E-state index < -0.39 is 0 Å². The number of nitrogens with zero attached hydrogens (tertiary/aromatic N) is 1. The van der Waals surface area contributed by atoms with Crippen molar-refractivity contribution in [3.05, 3.63) is 52.9 Å². The summed E-state index contributed by atoms with van der Waals surface area (Å²) in [6.07, 6.45) is 5.11. The molecule has 1 amide bonds. The Labute approximate surface area is 152 Å². The van der Waals surface area contributed by atoms with Gasteiger partial charge in [-0.05, 0) is 36.2 Å². The third-order valence-electron chi connectivity index (χ3n) is 3.86. The summed E-state index contributed by atoms with van der Waals surface area (Å²) >= 11 is 6.20. The number of furan rings is 1. The van der Waals surface area contributed by atoms with E-state index in [0.29, 0.717) is 20.6 Å². The number of thiocarbonyl (C=S) groups is 1. The highest BCUT2D eigenvalue weighted by Crippen LogP contribution is 2.34. The lowest BCUT2D eigenvalue weighted by Crippen LogP contribution is -2.17. The van der Waals surface area contributed by atoms with E-state index in [0.717, 1.165) is 22.1 Å². The maximum atomic E-state index is 11.8. The number of hydrogen-bond acceptors (Lipinski definition) is 6. The van der Waals surface area contributed by atoms with Crippen molar-refractivity contribution >= 4 is 51.3 Å². The smallest absolute Gasteiger partial charge is 0.263 e. The number of amides is 1. The zero-order valence-corrected chi connectivity index (χ0v) is 14.7. The summed E-state index contributed by atoms with van der Waals surface area (Å²) in [5.74, 6) is 0.582. The third kappa shape index (κ3) is 2.92. The number of hydrogen-bond donors (Lipinski definition) is 2. The fraction of sp³-hybridized carbons (Fsp3) is 0.0556. The summed E-state index contributed by atoms with van der Waals surface area (Å²) in [6.45, 7) is 1.84. The van der Waals surface area contributed by atoms with Gasteiger partial charge in [0, 0.05) is 29.4 Å². The monoisotopic (exact) mass is 368 g/mol. The summed E-state index contributed by atoms with van der Waals surface area (Å²) < 4.78 is 6.39. The Balaban J connectivity index is 1.81. The zero-order valence-electron chi connectivity index (χ0n) is 13.1. The molecular formula is C18H12N2O3S2. The molecule has 0 saturated carbocycles. The number of pyridine rings is 1. The second-order valence-electron chi connectivity index (χ2n) is 5.61. The summed E-state index contributed by atoms with van der Waals surface area (Å²) in [6, 6.07) is 7.18. The van der Waals surface area contributed by atoms with E-state index in [1.807, 2.05) is 25.1 Å². The van der Waals surface area contributed by atoms with Gasteiger partial charge in [0.15, 0.2) is 0 Å². The predicted molar refractivity (Wildman–Crippen MR) is 102 cm³/mol. The molecule has 2 aromatic heterocycles. The van der Waals surface area contributed by atoms with E-state index in [2.05, 4.69) is 10.3 Å². The highest BCUT2D eigenvalue weighted by Gasteiger charge is 2.23. The van der Waals surface area contributed by atoms with Crippen LogP contribution in [0, 0.1) is 6.92 Å². The first-order chi connectivity index (χ1) is 12.0. The molecule has 0 aliphatic carbocycles. The van der Waals surface area contributed by atoms with Gasteiger partial charge in [0.05, 0.1) is 4.91 Å². The van der Waals surface area contributed by atoms with Gasteiger partial charge in [-0.25, -0.2) is 0 Å². The Hall–Kier alpha value is -2.64. The molecule has 124 valence electrons. The van der Waals surface area contributed by atoms with Gasteiger partial charge in [0.1, 0.15) is 21.4 Å². The molecule has 5 nitrogen and oxygen atoms in total. The van der Waals surface area contributed by atoms with Gasteiger partial charge >= 0.3 is 0 Å². The Morgan fingerprint density at radius 3 is 2.88 bits per heavy atom. The number of rotatable bonds is 2. The largest absolute Gasteiger partial charge is 0.508 e. The van der Waals surface area contributed by atoms with Crippen LogP contribution in [0.3, 0.4) is 0 Å². The van der Waals surface area contributed by atoms with E-state index >= 15 is 0 Å². The Bertz CT molecular complexity index is 1070. The molecule has 2 N–H and O–H groups in total. The number of carbonyl (C=O) groups excluding carboxylic acids is 1. The quantitative estimate of drug-likeness (QED) is 0.526. The van der Waals surface area contributed by atoms with Crippen LogP contribution in [0.25, 0.3) is 28.2 Å². The maximum Gasteiger partial charge on any atom is 0.263 e. The molecule has 1 aromatic carbocycles. The van der Waals surface area contributed by atoms with Crippen molar-refractivity contribution in [1.82, 2.24) is 10.3 Å². The molecule has 0 bridgehead atoms. The Kier molecular flexibility index (Phi) is 3.82. The van der Waals surface area contributed by atoms with Crippen molar-refractivity contribution in [2.75, 3.05) is 0 Å². The molecule has 1 saturated heterocycles. The Morgan fingerprint density at radius 1 is 1.32 bits per heavy atom. The SMILES string of the molecule is Cc1cc(-c2cncc3cc(C=C4SC(=S)NC4=O)oc23)ccc1O. The maximum absolute atomic E-state index is 11.8. The number of fused-ring (bicyclic) bond motifs is 1. The van der Waals surface area contributed by atoms with Crippen molar-refractivity contribution < 1.29 is 14.3 Å². The number of aromatic hydroxyl groups is 1. The molecule has 7 heteroatoms. The lowest BCUT2D eigenvalue weighted by Gasteiger charge is -2.05. The lowest BCUT2D eigenvalue weighted by molar-refractivity contribution is -0.115. The van der Waals surface area contributed by atoms with Crippen molar-refractivity contribution in [3.63, 3.8) is 0 Å². The van der Waals surface area contributed by atoms with Crippen LogP contribution in [0.1, 0.15) is 11.3 Å². The van der Waals surface area contributed by atoms with Crippen LogP contribution in [0.2, 0.25) is 0 Å². The standard InChI is InChI=1S/C18H12N2O3S2/c1-9-4-10(2-3-14(9)21)13-8-19-7-11-5-12(23-16(11)13)6-15-17(22)20-18(24)25-15/h2-8,21H,1H3,(H,20,22,24). The minimum absolute atomic E-state index is 0.219. The molecule has 1 aliphatic heterocycles.